The van der Waals surface area contributed by atoms with Gasteiger partial charge in [0, 0.05) is 25.7 Å². The van der Waals surface area contributed by atoms with Crippen LogP contribution in [-0.2, 0) is 9.53 Å². The van der Waals surface area contributed by atoms with Crippen molar-refractivity contribution in [3.63, 3.8) is 0 Å². The minimum Gasteiger partial charge on any atom is -0.480 e. The predicted octanol–water partition coefficient (Wildman–Crippen LogP) is -0.247. The van der Waals surface area contributed by atoms with Crippen LogP contribution in [0, 0.1) is 10.1 Å². The molecule has 0 saturated carbocycles. The lowest BCUT2D eigenvalue weighted by Crippen LogP contribution is -2.42. The Morgan fingerprint density at radius 1 is 1.26 bits per heavy atom. The van der Waals surface area contributed by atoms with Crippen LogP contribution in [0.5, 0.6) is 0 Å². The van der Waals surface area contributed by atoms with Crippen LogP contribution in [0.1, 0.15) is 18.2 Å². The maximum absolute atomic E-state index is 11.3. The van der Waals surface area contributed by atoms with Gasteiger partial charge in [0.05, 0.1) is 16.8 Å². The molecule has 0 aliphatic carbocycles. The van der Waals surface area contributed by atoms with Crippen LogP contribution < -0.4 is 11.5 Å². The summed E-state index contributed by atoms with van der Waals surface area (Å²) in [5, 5.41) is 42.0. The van der Waals surface area contributed by atoms with Gasteiger partial charge < -0.3 is 31.5 Å². The number of nitrogens with zero attached hydrogens (tertiary/aromatic N) is 6. The summed E-state index contributed by atoms with van der Waals surface area (Å²) >= 11 is 0. The molecule has 3 aromatic rings. The Labute approximate surface area is 216 Å². The van der Waals surface area contributed by atoms with Crippen LogP contribution in [0.15, 0.2) is 43.0 Å². The molecular formula is C23H28N8O7. The number of para-hydroxylation sites is 1. The number of benzene rings is 1. The Kier molecular flexibility index (Phi) is 8.23. The van der Waals surface area contributed by atoms with Crippen molar-refractivity contribution in [1.82, 2.24) is 24.4 Å². The quantitative estimate of drug-likeness (QED) is 0.160. The van der Waals surface area contributed by atoms with Gasteiger partial charge >= 0.3 is 5.97 Å². The van der Waals surface area contributed by atoms with Gasteiger partial charge in [0.2, 0.25) is 0 Å². The first-order chi connectivity index (χ1) is 18.2. The van der Waals surface area contributed by atoms with Crippen LogP contribution >= 0.6 is 0 Å². The molecule has 3 heterocycles. The molecule has 1 aliphatic rings. The normalized spacial score (nSPS) is 22.4. The number of aliphatic carboxylic acids is 1. The maximum Gasteiger partial charge on any atom is 0.320 e. The molecular weight excluding hydrogens is 500 g/mol. The van der Waals surface area contributed by atoms with Crippen LogP contribution in [0.2, 0.25) is 0 Å². The van der Waals surface area contributed by atoms with Gasteiger partial charge in [0.15, 0.2) is 17.7 Å². The number of nitro groups is 1. The Bertz CT molecular complexity index is 1330. The van der Waals surface area contributed by atoms with E-state index in [-0.39, 0.29) is 37.6 Å². The van der Waals surface area contributed by atoms with Crippen LogP contribution in [-0.4, -0.2) is 94.6 Å². The third kappa shape index (κ3) is 5.76. The Balaban J connectivity index is 1.50. The highest BCUT2D eigenvalue weighted by atomic mass is 16.6. The molecule has 7 N–H and O–H groups in total. The second-order valence-corrected chi connectivity index (χ2v) is 8.84. The molecule has 202 valence electrons. The van der Waals surface area contributed by atoms with Gasteiger partial charge in [-0.1, -0.05) is 24.3 Å². The maximum atomic E-state index is 11.3. The zero-order valence-electron chi connectivity index (χ0n) is 20.1. The molecule has 0 radical (unpaired) electrons. The van der Waals surface area contributed by atoms with Crippen LogP contribution in [0.4, 0.5) is 11.5 Å². The summed E-state index contributed by atoms with van der Waals surface area (Å²) in [4.78, 5) is 36.0. The number of rotatable bonds is 11. The SMILES string of the molecule is Nc1ncnc2c1ncn2[C@@H]1O[C@H](CN(CC=Cc2ccccc2[N+](=O)[O-])CCC(N)C(=O)O)[C@@H](O)[C@H]1O. The minimum atomic E-state index is -1.32. The van der Waals surface area contributed by atoms with E-state index < -0.39 is 41.5 Å². The summed E-state index contributed by atoms with van der Waals surface area (Å²) in [7, 11) is 0. The molecule has 5 atom stereocenters. The van der Waals surface area contributed by atoms with Crippen molar-refractivity contribution in [2.75, 3.05) is 25.4 Å². The number of carbonyl (C=O) groups is 1. The number of aliphatic hydroxyl groups excluding tert-OH is 2. The van der Waals surface area contributed by atoms with Gasteiger partial charge in [-0.05, 0) is 12.5 Å². The molecule has 0 amide bonds. The highest BCUT2D eigenvalue weighted by molar-refractivity contribution is 5.81. The van der Waals surface area contributed by atoms with E-state index in [1.807, 2.05) is 0 Å². The summed E-state index contributed by atoms with van der Waals surface area (Å²) < 4.78 is 7.46. The van der Waals surface area contributed by atoms with Crippen molar-refractivity contribution in [3.05, 3.63) is 58.7 Å². The van der Waals surface area contributed by atoms with Crippen LogP contribution in [0.3, 0.4) is 0 Å². The molecule has 0 bridgehead atoms. The summed E-state index contributed by atoms with van der Waals surface area (Å²) in [5.41, 5.74) is 12.5. The zero-order valence-corrected chi connectivity index (χ0v) is 20.1. The molecule has 15 nitrogen and oxygen atoms in total. The number of carboxylic acids is 1. The van der Waals surface area contributed by atoms with Gasteiger partial charge in [-0.3, -0.25) is 24.4 Å². The number of fused-ring (bicyclic) bond motifs is 1. The fourth-order valence-corrected chi connectivity index (χ4v) is 4.25. The van der Waals surface area contributed by atoms with E-state index in [1.54, 1.807) is 35.3 Å². The van der Waals surface area contributed by atoms with Crippen molar-refractivity contribution < 1.29 is 29.8 Å². The number of imidazole rings is 1. The van der Waals surface area contributed by atoms with E-state index in [9.17, 15) is 25.1 Å². The van der Waals surface area contributed by atoms with Crippen molar-refractivity contribution in [2.24, 2.45) is 5.73 Å². The molecule has 2 aromatic heterocycles. The second-order valence-electron chi connectivity index (χ2n) is 8.84. The van der Waals surface area contributed by atoms with E-state index in [0.717, 1.165) is 0 Å². The van der Waals surface area contributed by atoms with Crippen molar-refractivity contribution in [1.29, 1.82) is 0 Å². The second kappa shape index (κ2) is 11.6. The first kappa shape index (κ1) is 27.0. The molecule has 15 heteroatoms. The average Bonchev–Trinajstić information content (AvgIpc) is 3.44. The lowest BCUT2D eigenvalue weighted by molar-refractivity contribution is -0.385. The number of carboxylic acid groups (broad SMARTS) is 1. The number of nitrogen functional groups attached to an aromatic ring is 1. The lowest BCUT2D eigenvalue weighted by Gasteiger charge is -2.26. The van der Waals surface area contributed by atoms with Crippen molar-refractivity contribution in [2.45, 2.75) is 37.0 Å². The number of nitro benzene ring substituents is 1. The Hall–Kier alpha value is -4.02. The predicted molar refractivity (Wildman–Crippen MR) is 134 cm³/mol. The number of anilines is 1. The van der Waals surface area contributed by atoms with Crippen molar-refractivity contribution >= 4 is 34.7 Å². The summed E-state index contributed by atoms with van der Waals surface area (Å²) in [6.45, 7) is 0.565. The van der Waals surface area contributed by atoms with Crippen molar-refractivity contribution in [3.8, 4) is 0 Å². The van der Waals surface area contributed by atoms with E-state index in [0.29, 0.717) is 16.7 Å². The molecule has 1 saturated heterocycles. The molecule has 1 aliphatic heterocycles. The van der Waals surface area contributed by atoms with Gasteiger partial charge in [0.1, 0.15) is 36.2 Å². The van der Waals surface area contributed by atoms with Gasteiger partial charge in [-0.2, -0.15) is 0 Å². The molecule has 4 rings (SSSR count). The number of hydrogen-bond donors (Lipinski definition) is 5. The largest absolute Gasteiger partial charge is 0.480 e. The third-order valence-electron chi connectivity index (χ3n) is 6.30. The van der Waals surface area contributed by atoms with E-state index >= 15 is 0 Å². The fraction of sp³-hybridized carbons (Fsp3) is 0.391. The highest BCUT2D eigenvalue weighted by Gasteiger charge is 2.44. The third-order valence-corrected chi connectivity index (χ3v) is 6.30. The van der Waals surface area contributed by atoms with Gasteiger partial charge in [0.25, 0.3) is 5.69 Å². The molecule has 38 heavy (non-hydrogen) atoms. The van der Waals surface area contributed by atoms with E-state index in [1.165, 1.54) is 23.3 Å². The Morgan fingerprint density at radius 3 is 2.76 bits per heavy atom. The highest BCUT2D eigenvalue weighted by Crippen LogP contribution is 2.32. The topological polar surface area (TPSA) is 229 Å². The summed E-state index contributed by atoms with van der Waals surface area (Å²) in [5.74, 6) is -0.994. The van der Waals surface area contributed by atoms with Crippen LogP contribution in [0.25, 0.3) is 17.2 Å². The zero-order chi connectivity index (χ0) is 27.4. The Morgan fingerprint density at radius 2 is 2.03 bits per heavy atom. The fourth-order valence-electron chi connectivity index (χ4n) is 4.25. The smallest absolute Gasteiger partial charge is 0.320 e. The monoisotopic (exact) mass is 528 g/mol. The molecule has 1 fully saturated rings. The number of nitrogens with two attached hydrogens (primary N) is 2. The molecule has 1 aromatic carbocycles. The van der Waals surface area contributed by atoms with E-state index in [2.05, 4.69) is 15.0 Å². The van der Waals surface area contributed by atoms with Gasteiger partial charge in [-0.15, -0.1) is 0 Å². The average molecular weight is 529 g/mol. The molecule has 1 unspecified atom stereocenters. The molecule has 0 spiro atoms. The number of aliphatic hydroxyl groups is 2. The summed E-state index contributed by atoms with van der Waals surface area (Å²) in [6.07, 6.45) is 1.53. The van der Waals surface area contributed by atoms with Gasteiger partial charge in [-0.25, -0.2) is 15.0 Å². The first-order valence-electron chi connectivity index (χ1n) is 11.7. The minimum absolute atomic E-state index is 0.0549. The van der Waals surface area contributed by atoms with E-state index in [4.69, 9.17) is 21.3 Å². The first-order valence-corrected chi connectivity index (χ1v) is 11.7. The number of hydrogen-bond acceptors (Lipinski definition) is 12. The lowest BCUT2D eigenvalue weighted by atomic mass is 10.1. The standard InChI is InChI=1S/C23H28N8O7/c24-14(23(34)35)7-9-29(8-3-5-13-4-1-2-6-15(13)31(36)37)10-16-18(32)19(33)22(38-16)30-12-28-17-20(25)26-11-27-21(17)30/h1-6,11-12,14,16,18-19,22,32-33H,7-10,24H2,(H,34,35)(H2,25,26,27)/t14?,16-,18-,19-,22-/m1/s1. The summed E-state index contributed by atoms with van der Waals surface area (Å²) in [6, 6.07) is 5.15. The number of ether oxygens (including phenoxy) is 1. The number of aromatic nitrogens is 4.